The van der Waals surface area contributed by atoms with Crippen LogP contribution < -0.4 is 4.74 Å². The van der Waals surface area contributed by atoms with Crippen molar-refractivity contribution in [3.05, 3.63) is 45.7 Å². The molecule has 0 spiro atoms. The molecule has 0 radical (unpaired) electrons. The number of aryl methyl sites for hydroxylation is 2. The lowest BCUT2D eigenvalue weighted by molar-refractivity contribution is 0.298. The molecule has 0 fully saturated rings. The Morgan fingerprint density at radius 1 is 1.40 bits per heavy atom. The lowest BCUT2D eigenvalue weighted by atomic mass is 10.2. The van der Waals surface area contributed by atoms with Crippen LogP contribution in [0, 0.1) is 25.2 Å². The van der Waals surface area contributed by atoms with Gasteiger partial charge in [0.1, 0.15) is 5.75 Å². The van der Waals surface area contributed by atoms with E-state index in [1.165, 1.54) is 0 Å². The van der Waals surface area contributed by atoms with Crippen LogP contribution in [0.15, 0.2) is 28.7 Å². The Morgan fingerprint density at radius 3 is 2.85 bits per heavy atom. The molecule has 20 heavy (non-hydrogen) atoms. The molecule has 1 heterocycles. The zero-order chi connectivity index (χ0) is 14.5. The van der Waals surface area contributed by atoms with Crippen molar-refractivity contribution in [2.24, 2.45) is 0 Å². The molecule has 0 N–H and O–H groups in total. The standard InChI is InChI=1S/C15H16BrN3O/c1-11-15(16)12(2)19(18-11)7-4-8-20-14-6-3-5-13(9-14)10-17/h3,5-6,9H,4,7-8H2,1-2H3. The van der Waals surface area contributed by atoms with Crippen LogP contribution in [0.25, 0.3) is 0 Å². The summed E-state index contributed by atoms with van der Waals surface area (Å²) in [6.45, 7) is 5.44. The van der Waals surface area contributed by atoms with Crippen LogP contribution in [0.4, 0.5) is 0 Å². The molecule has 5 heteroatoms. The highest BCUT2D eigenvalue weighted by atomic mass is 79.9. The second-order valence-electron chi connectivity index (χ2n) is 4.55. The van der Waals surface area contributed by atoms with Crippen molar-refractivity contribution in [2.45, 2.75) is 26.8 Å². The SMILES string of the molecule is Cc1nn(CCCOc2cccc(C#N)c2)c(C)c1Br. The Kier molecular flexibility index (Phi) is 4.80. The van der Waals surface area contributed by atoms with Crippen LogP contribution >= 0.6 is 15.9 Å². The molecule has 0 saturated heterocycles. The van der Waals surface area contributed by atoms with Gasteiger partial charge in [-0.1, -0.05) is 6.07 Å². The second-order valence-corrected chi connectivity index (χ2v) is 5.34. The van der Waals surface area contributed by atoms with Gasteiger partial charge in [-0.2, -0.15) is 10.4 Å². The van der Waals surface area contributed by atoms with E-state index in [4.69, 9.17) is 10.00 Å². The van der Waals surface area contributed by atoms with Crippen LogP contribution in [-0.2, 0) is 6.54 Å². The number of rotatable bonds is 5. The summed E-state index contributed by atoms with van der Waals surface area (Å²) in [5.41, 5.74) is 2.75. The molecule has 0 aliphatic heterocycles. The van der Waals surface area contributed by atoms with Gasteiger partial charge in [0, 0.05) is 18.7 Å². The maximum atomic E-state index is 8.82. The van der Waals surface area contributed by atoms with Crippen molar-refractivity contribution in [1.82, 2.24) is 9.78 Å². The van der Waals surface area contributed by atoms with Gasteiger partial charge in [0.15, 0.2) is 0 Å². The van der Waals surface area contributed by atoms with Gasteiger partial charge in [-0.25, -0.2) is 0 Å². The first-order chi connectivity index (χ1) is 9.61. The Hall–Kier alpha value is -1.80. The molecule has 0 unspecified atom stereocenters. The van der Waals surface area contributed by atoms with Gasteiger partial charge in [-0.05, 0) is 48.0 Å². The number of halogens is 1. The Bertz CT molecular complexity index is 643. The number of nitriles is 1. The number of hydrogen-bond donors (Lipinski definition) is 0. The van der Waals surface area contributed by atoms with E-state index in [0.717, 1.165) is 34.6 Å². The summed E-state index contributed by atoms with van der Waals surface area (Å²) in [7, 11) is 0. The van der Waals surface area contributed by atoms with Gasteiger partial charge in [0.05, 0.1) is 28.4 Å². The van der Waals surface area contributed by atoms with Gasteiger partial charge in [-0.15, -0.1) is 0 Å². The average molecular weight is 334 g/mol. The fourth-order valence-electron chi connectivity index (χ4n) is 1.95. The predicted molar refractivity (Wildman–Crippen MR) is 80.7 cm³/mol. The number of ether oxygens (including phenoxy) is 1. The highest BCUT2D eigenvalue weighted by Crippen LogP contribution is 2.20. The maximum Gasteiger partial charge on any atom is 0.120 e. The molecule has 0 aliphatic rings. The van der Waals surface area contributed by atoms with Gasteiger partial charge in [-0.3, -0.25) is 4.68 Å². The van der Waals surface area contributed by atoms with Crippen molar-refractivity contribution in [2.75, 3.05) is 6.61 Å². The number of aromatic nitrogens is 2. The molecule has 0 saturated carbocycles. The second kappa shape index (κ2) is 6.58. The van der Waals surface area contributed by atoms with E-state index < -0.39 is 0 Å². The minimum Gasteiger partial charge on any atom is -0.493 e. The van der Waals surface area contributed by atoms with E-state index in [-0.39, 0.29) is 0 Å². The maximum absolute atomic E-state index is 8.82. The van der Waals surface area contributed by atoms with E-state index in [1.807, 2.05) is 30.7 Å². The molecule has 0 bridgehead atoms. The molecule has 2 rings (SSSR count). The number of benzene rings is 1. The van der Waals surface area contributed by atoms with Gasteiger partial charge < -0.3 is 4.74 Å². The minimum atomic E-state index is 0.602. The van der Waals surface area contributed by atoms with Crippen LogP contribution in [0.3, 0.4) is 0 Å². The molecule has 4 nitrogen and oxygen atoms in total. The van der Waals surface area contributed by atoms with Crippen molar-refractivity contribution in [1.29, 1.82) is 5.26 Å². The Morgan fingerprint density at radius 2 is 2.20 bits per heavy atom. The van der Waals surface area contributed by atoms with E-state index >= 15 is 0 Å². The highest BCUT2D eigenvalue weighted by Gasteiger charge is 2.07. The molecule has 0 atom stereocenters. The average Bonchev–Trinajstić information content (AvgIpc) is 2.71. The lowest BCUT2D eigenvalue weighted by Crippen LogP contribution is -2.07. The molecule has 1 aromatic heterocycles. The van der Waals surface area contributed by atoms with Crippen LogP contribution in [0.2, 0.25) is 0 Å². The Labute approximate surface area is 127 Å². The molecule has 104 valence electrons. The first kappa shape index (κ1) is 14.6. The molecule has 0 amide bonds. The van der Waals surface area contributed by atoms with E-state index in [9.17, 15) is 0 Å². The van der Waals surface area contributed by atoms with Gasteiger partial charge in [0.2, 0.25) is 0 Å². The quantitative estimate of drug-likeness (QED) is 0.785. The summed E-state index contributed by atoms with van der Waals surface area (Å²) in [5.74, 6) is 0.735. The predicted octanol–water partition coefficient (Wildman–Crippen LogP) is 3.60. The minimum absolute atomic E-state index is 0.602. The molecular weight excluding hydrogens is 318 g/mol. The monoisotopic (exact) mass is 333 g/mol. The van der Waals surface area contributed by atoms with Crippen molar-refractivity contribution in [3.63, 3.8) is 0 Å². The lowest BCUT2D eigenvalue weighted by Gasteiger charge is -2.07. The summed E-state index contributed by atoms with van der Waals surface area (Å²) >= 11 is 3.52. The normalized spacial score (nSPS) is 10.3. The zero-order valence-electron chi connectivity index (χ0n) is 11.6. The zero-order valence-corrected chi connectivity index (χ0v) is 13.1. The Balaban J connectivity index is 1.84. The summed E-state index contributed by atoms with van der Waals surface area (Å²) in [4.78, 5) is 0. The first-order valence-corrected chi connectivity index (χ1v) is 7.23. The van der Waals surface area contributed by atoms with Crippen LogP contribution in [0.1, 0.15) is 23.4 Å². The third kappa shape index (κ3) is 3.40. The van der Waals surface area contributed by atoms with Gasteiger partial charge >= 0.3 is 0 Å². The van der Waals surface area contributed by atoms with Crippen molar-refractivity contribution < 1.29 is 4.74 Å². The third-order valence-corrected chi connectivity index (χ3v) is 4.19. The fourth-order valence-corrected chi connectivity index (χ4v) is 2.24. The van der Waals surface area contributed by atoms with E-state index in [0.29, 0.717) is 12.2 Å². The first-order valence-electron chi connectivity index (χ1n) is 6.44. The third-order valence-electron chi connectivity index (χ3n) is 3.04. The molecule has 2 aromatic rings. The van der Waals surface area contributed by atoms with Crippen LogP contribution in [0.5, 0.6) is 5.75 Å². The fraction of sp³-hybridized carbons (Fsp3) is 0.333. The van der Waals surface area contributed by atoms with Crippen molar-refractivity contribution in [3.8, 4) is 11.8 Å². The molecule has 0 aliphatic carbocycles. The largest absolute Gasteiger partial charge is 0.493 e. The molecular formula is C15H16BrN3O. The summed E-state index contributed by atoms with van der Waals surface area (Å²) in [6.07, 6.45) is 0.866. The summed E-state index contributed by atoms with van der Waals surface area (Å²) in [5, 5.41) is 13.3. The topological polar surface area (TPSA) is 50.8 Å². The van der Waals surface area contributed by atoms with Crippen molar-refractivity contribution >= 4 is 15.9 Å². The van der Waals surface area contributed by atoms with Crippen LogP contribution in [-0.4, -0.2) is 16.4 Å². The van der Waals surface area contributed by atoms with E-state index in [2.05, 4.69) is 27.1 Å². The smallest absolute Gasteiger partial charge is 0.120 e. The number of hydrogen-bond acceptors (Lipinski definition) is 3. The molecule has 1 aromatic carbocycles. The van der Waals surface area contributed by atoms with E-state index in [1.54, 1.807) is 12.1 Å². The number of nitrogens with zero attached hydrogens (tertiary/aromatic N) is 3. The summed E-state index contributed by atoms with van der Waals surface area (Å²) < 4.78 is 8.69. The summed E-state index contributed by atoms with van der Waals surface area (Å²) in [6, 6.07) is 9.30. The van der Waals surface area contributed by atoms with Gasteiger partial charge in [0.25, 0.3) is 0 Å². The highest BCUT2D eigenvalue weighted by molar-refractivity contribution is 9.10.